The van der Waals surface area contributed by atoms with Crippen LogP contribution in [0.15, 0.2) is 12.3 Å². The molecule has 0 amide bonds. The summed E-state index contributed by atoms with van der Waals surface area (Å²) in [5.74, 6) is -2.49. The molecule has 0 aliphatic carbocycles. The molecule has 1 rings (SSSR count). The van der Waals surface area contributed by atoms with Gasteiger partial charge in [-0.2, -0.15) is 18.2 Å². The fourth-order valence-corrected chi connectivity index (χ4v) is 0.644. The van der Waals surface area contributed by atoms with E-state index in [1.807, 2.05) is 0 Å². The average Bonchev–Trinajstić information content (AvgIpc) is 2.02. The normalized spacial score (nSPS) is 11.1. The first-order valence-corrected chi connectivity index (χ1v) is 3.48. The van der Waals surface area contributed by atoms with Crippen LogP contribution in [0, 0.1) is 6.92 Å². The van der Waals surface area contributed by atoms with Gasteiger partial charge in [-0.1, -0.05) is 0 Å². The van der Waals surface area contributed by atoms with Crippen molar-refractivity contribution >= 4 is 5.97 Å². The third-order valence-electron chi connectivity index (χ3n) is 1.18. The smallest absolute Gasteiger partial charge is 0.401 e. The van der Waals surface area contributed by atoms with Crippen molar-refractivity contribution in [3.63, 3.8) is 0 Å². The summed E-state index contributed by atoms with van der Waals surface area (Å²) in [6.45, 7) is 1.46. The minimum absolute atomic E-state index is 0.220. The monoisotopic (exact) mass is 206 g/mol. The first-order valence-electron chi connectivity index (χ1n) is 3.48. The van der Waals surface area contributed by atoms with Crippen LogP contribution in [0.1, 0.15) is 5.82 Å². The van der Waals surface area contributed by atoms with E-state index in [0.717, 1.165) is 6.07 Å². The molecule has 0 saturated heterocycles. The van der Waals surface area contributed by atoms with Crippen LogP contribution in [0.4, 0.5) is 13.2 Å². The van der Waals surface area contributed by atoms with Gasteiger partial charge in [0.2, 0.25) is 5.88 Å². The summed E-state index contributed by atoms with van der Waals surface area (Å²) in [6.07, 6.45) is -3.82. The van der Waals surface area contributed by atoms with Crippen molar-refractivity contribution in [3.05, 3.63) is 18.1 Å². The SMILES string of the molecule is Cc1nccc(OC(=O)C(F)(F)F)n1. The summed E-state index contributed by atoms with van der Waals surface area (Å²) in [5, 5.41) is 0. The zero-order chi connectivity index (χ0) is 10.8. The average molecular weight is 206 g/mol. The van der Waals surface area contributed by atoms with Crippen molar-refractivity contribution in [3.8, 4) is 5.88 Å². The fourth-order valence-electron chi connectivity index (χ4n) is 0.644. The summed E-state index contributed by atoms with van der Waals surface area (Å²) >= 11 is 0. The minimum Gasteiger partial charge on any atom is -0.401 e. The number of rotatable bonds is 1. The summed E-state index contributed by atoms with van der Waals surface area (Å²) in [4.78, 5) is 17.4. The van der Waals surface area contributed by atoms with Crippen LogP contribution in [0.5, 0.6) is 5.88 Å². The van der Waals surface area contributed by atoms with Gasteiger partial charge >= 0.3 is 12.1 Å². The first kappa shape index (κ1) is 10.4. The zero-order valence-electron chi connectivity index (χ0n) is 7.00. The molecule has 0 spiro atoms. The molecule has 0 fully saturated rings. The van der Waals surface area contributed by atoms with E-state index in [0.29, 0.717) is 0 Å². The second kappa shape index (κ2) is 3.60. The van der Waals surface area contributed by atoms with Crippen LogP contribution in [0.3, 0.4) is 0 Å². The lowest BCUT2D eigenvalue weighted by molar-refractivity contribution is -0.190. The lowest BCUT2D eigenvalue weighted by Crippen LogP contribution is -2.28. The Kier molecular flexibility index (Phi) is 2.68. The quantitative estimate of drug-likeness (QED) is 0.649. The van der Waals surface area contributed by atoms with E-state index in [1.165, 1.54) is 13.1 Å². The van der Waals surface area contributed by atoms with Crippen molar-refractivity contribution < 1.29 is 22.7 Å². The van der Waals surface area contributed by atoms with Gasteiger partial charge in [0, 0.05) is 12.3 Å². The summed E-state index contributed by atoms with van der Waals surface area (Å²) < 4.78 is 39.1. The van der Waals surface area contributed by atoms with E-state index in [2.05, 4.69) is 14.7 Å². The van der Waals surface area contributed by atoms with Crippen LogP contribution in [0.25, 0.3) is 0 Å². The number of aryl methyl sites for hydroxylation is 1. The van der Waals surface area contributed by atoms with Crippen LogP contribution in [-0.2, 0) is 4.79 Å². The third kappa shape index (κ3) is 2.68. The van der Waals surface area contributed by atoms with E-state index in [1.54, 1.807) is 0 Å². The van der Waals surface area contributed by atoms with E-state index in [-0.39, 0.29) is 5.82 Å². The molecule has 7 heteroatoms. The van der Waals surface area contributed by atoms with Gasteiger partial charge in [-0.15, -0.1) is 0 Å². The lowest BCUT2D eigenvalue weighted by atomic mass is 10.5. The summed E-state index contributed by atoms with van der Waals surface area (Å²) in [7, 11) is 0. The maximum absolute atomic E-state index is 11.7. The number of carbonyl (C=O) groups excluding carboxylic acids is 1. The topological polar surface area (TPSA) is 52.1 Å². The number of halogens is 3. The Morgan fingerprint density at radius 1 is 1.50 bits per heavy atom. The highest BCUT2D eigenvalue weighted by Gasteiger charge is 2.41. The number of ether oxygens (including phenoxy) is 1. The molecular formula is C7H5F3N2O2. The fraction of sp³-hybridized carbons (Fsp3) is 0.286. The molecule has 1 aromatic heterocycles. The molecule has 0 saturated carbocycles. The molecule has 0 aromatic carbocycles. The number of carbonyl (C=O) groups is 1. The van der Waals surface area contributed by atoms with Crippen LogP contribution >= 0.6 is 0 Å². The molecule has 76 valence electrons. The third-order valence-corrected chi connectivity index (χ3v) is 1.18. The van der Waals surface area contributed by atoms with Gasteiger partial charge in [0.1, 0.15) is 5.82 Å². The van der Waals surface area contributed by atoms with Gasteiger partial charge in [-0.3, -0.25) is 0 Å². The van der Waals surface area contributed by atoms with Gasteiger partial charge < -0.3 is 4.74 Å². The molecule has 0 unspecified atom stereocenters. The Bertz CT molecular complexity index is 351. The van der Waals surface area contributed by atoms with E-state index >= 15 is 0 Å². The van der Waals surface area contributed by atoms with Gasteiger partial charge in [0.15, 0.2) is 0 Å². The zero-order valence-corrected chi connectivity index (χ0v) is 7.00. The Labute approximate surface area is 76.7 Å². The van der Waals surface area contributed by atoms with Gasteiger partial charge in [-0.25, -0.2) is 9.78 Å². The molecule has 1 aromatic rings. The van der Waals surface area contributed by atoms with Crippen molar-refractivity contribution in [1.82, 2.24) is 9.97 Å². The largest absolute Gasteiger partial charge is 0.491 e. The molecule has 0 bridgehead atoms. The molecule has 1 heterocycles. The number of hydrogen-bond acceptors (Lipinski definition) is 4. The minimum atomic E-state index is -5.02. The second-order valence-corrected chi connectivity index (χ2v) is 2.33. The van der Waals surface area contributed by atoms with E-state index in [9.17, 15) is 18.0 Å². The highest BCUT2D eigenvalue weighted by Crippen LogP contribution is 2.18. The number of hydrogen-bond donors (Lipinski definition) is 0. The molecule has 0 N–H and O–H groups in total. The second-order valence-electron chi connectivity index (χ2n) is 2.33. The van der Waals surface area contributed by atoms with Gasteiger partial charge in [-0.05, 0) is 6.92 Å². The molecule has 14 heavy (non-hydrogen) atoms. The van der Waals surface area contributed by atoms with E-state index < -0.39 is 18.0 Å². The van der Waals surface area contributed by atoms with Crippen LogP contribution in [0.2, 0.25) is 0 Å². The predicted molar refractivity (Wildman–Crippen MR) is 38.5 cm³/mol. The van der Waals surface area contributed by atoms with Gasteiger partial charge in [0.25, 0.3) is 0 Å². The Morgan fingerprint density at radius 2 is 2.14 bits per heavy atom. The van der Waals surface area contributed by atoms with Gasteiger partial charge in [0.05, 0.1) is 0 Å². The van der Waals surface area contributed by atoms with Crippen molar-refractivity contribution in [2.75, 3.05) is 0 Å². The van der Waals surface area contributed by atoms with E-state index in [4.69, 9.17) is 0 Å². The molecule has 0 atom stereocenters. The molecule has 0 radical (unpaired) electrons. The lowest BCUT2D eigenvalue weighted by Gasteiger charge is -2.05. The highest BCUT2D eigenvalue weighted by atomic mass is 19.4. The molecular weight excluding hydrogens is 201 g/mol. The predicted octanol–water partition coefficient (Wildman–Crippen LogP) is 1.25. The summed E-state index contributed by atoms with van der Waals surface area (Å²) in [6, 6.07) is 1.07. The maximum Gasteiger partial charge on any atom is 0.491 e. The molecule has 0 aliphatic rings. The Balaban J connectivity index is 2.75. The molecule has 0 aliphatic heterocycles. The standard InChI is InChI=1S/C7H5F3N2O2/c1-4-11-3-2-5(12-4)14-6(13)7(8,9)10/h2-3H,1H3. The number of aromatic nitrogens is 2. The van der Waals surface area contributed by atoms with Crippen LogP contribution in [-0.4, -0.2) is 22.1 Å². The maximum atomic E-state index is 11.7. The first-order chi connectivity index (χ1) is 6.39. The summed E-state index contributed by atoms with van der Waals surface area (Å²) in [5.41, 5.74) is 0. The molecule has 4 nitrogen and oxygen atoms in total. The number of nitrogens with zero attached hydrogens (tertiary/aromatic N) is 2. The highest BCUT2D eigenvalue weighted by molar-refractivity contribution is 5.77. The Morgan fingerprint density at radius 3 is 2.64 bits per heavy atom. The Hall–Kier alpha value is -1.66. The van der Waals surface area contributed by atoms with Crippen molar-refractivity contribution in [1.29, 1.82) is 0 Å². The number of esters is 1. The van der Waals surface area contributed by atoms with Crippen molar-refractivity contribution in [2.24, 2.45) is 0 Å². The number of alkyl halides is 3. The van der Waals surface area contributed by atoms with Crippen LogP contribution < -0.4 is 4.74 Å². The van der Waals surface area contributed by atoms with Crippen molar-refractivity contribution in [2.45, 2.75) is 13.1 Å².